The number of benzene rings is 1. The number of allylic oxidation sites excluding steroid dienone is 2. The van der Waals surface area contributed by atoms with E-state index in [1.54, 1.807) is 20.1 Å². The summed E-state index contributed by atoms with van der Waals surface area (Å²) in [4.78, 5) is 13.7. The topological polar surface area (TPSA) is 84.2 Å². The van der Waals surface area contributed by atoms with Crippen molar-refractivity contribution in [3.8, 4) is 11.5 Å². The van der Waals surface area contributed by atoms with Gasteiger partial charge in [0.2, 0.25) is 0 Å². The molecular formula is C33H53N3O4. The maximum Gasteiger partial charge on any atom is 0.184 e. The Morgan fingerprint density at radius 2 is 1.77 bits per heavy atom. The Bertz CT molecular complexity index is 1080. The van der Waals surface area contributed by atoms with Crippen LogP contribution in [-0.2, 0) is 10.2 Å². The number of carbonyl (C=O) groups excluding carboxylic acids is 1. The van der Waals surface area contributed by atoms with Gasteiger partial charge in [-0.05, 0) is 68.2 Å². The molecule has 1 rings (SSSR count). The number of nitrogens with zero attached hydrogens (tertiary/aromatic N) is 2. The van der Waals surface area contributed by atoms with Crippen LogP contribution in [-0.4, -0.2) is 48.7 Å². The van der Waals surface area contributed by atoms with Gasteiger partial charge in [-0.2, -0.15) is 5.10 Å². The number of Topliss-reactive ketones (excluding diaryl/α,β-unsaturated/α-hetero) is 1. The van der Waals surface area contributed by atoms with Gasteiger partial charge in [-0.25, -0.2) is 5.01 Å². The van der Waals surface area contributed by atoms with Crippen LogP contribution in [0.5, 0.6) is 11.5 Å². The second kappa shape index (κ2) is 16.2. The second-order valence-corrected chi connectivity index (χ2v) is 11.6. The van der Waals surface area contributed by atoms with Crippen molar-refractivity contribution in [2.75, 3.05) is 20.3 Å². The molecule has 0 atom stereocenters. The van der Waals surface area contributed by atoms with E-state index < -0.39 is 0 Å². The van der Waals surface area contributed by atoms with Crippen molar-refractivity contribution in [2.24, 2.45) is 11.0 Å². The van der Waals surface area contributed by atoms with Crippen LogP contribution in [0, 0.1) is 11.3 Å². The predicted octanol–water partition coefficient (Wildman–Crippen LogP) is 8.33. The van der Waals surface area contributed by atoms with Crippen LogP contribution in [0.15, 0.2) is 41.2 Å². The van der Waals surface area contributed by atoms with Gasteiger partial charge in [0, 0.05) is 11.1 Å². The quantitative estimate of drug-likeness (QED) is 0.0421. The Balaban J connectivity index is 3.44. The number of amidine groups is 1. The van der Waals surface area contributed by atoms with Gasteiger partial charge in [-0.15, -0.1) is 0 Å². The SMILES string of the molecule is C=C(/C=C(C)\C(=N\N(CC(=O)c1cc(OCCCC)c(OC)c(C(C)(C)C)c1)C(C)=N)C(C)C)OC(CC)CC. The molecule has 0 aromatic heterocycles. The molecule has 0 saturated heterocycles. The Kier molecular flexibility index (Phi) is 14.2. The second-order valence-electron chi connectivity index (χ2n) is 11.6. The molecule has 0 saturated carbocycles. The number of hydrazone groups is 1. The van der Waals surface area contributed by atoms with Gasteiger partial charge in [-0.3, -0.25) is 10.2 Å². The molecule has 7 nitrogen and oxygen atoms in total. The van der Waals surface area contributed by atoms with Gasteiger partial charge in [0.25, 0.3) is 0 Å². The van der Waals surface area contributed by atoms with E-state index in [0.717, 1.165) is 42.5 Å². The molecule has 0 spiro atoms. The number of rotatable bonds is 16. The lowest BCUT2D eigenvalue weighted by Gasteiger charge is -2.25. The summed E-state index contributed by atoms with van der Waals surface area (Å²) in [7, 11) is 1.63. The highest BCUT2D eigenvalue weighted by molar-refractivity contribution is 6.03. The van der Waals surface area contributed by atoms with Crippen molar-refractivity contribution >= 4 is 17.3 Å². The summed E-state index contributed by atoms with van der Waals surface area (Å²) < 4.78 is 17.8. The highest BCUT2D eigenvalue weighted by Crippen LogP contribution is 2.40. The standard InChI is InChI=1S/C33H53N3O4/c1-13-16-17-39-30-20-26(19-28(32(30)38-12)33(9,10)11)29(37)21-36(25(8)34)35-31(22(4)5)23(6)18-24(7)40-27(14-2)15-3/h18-20,22,27,34H,7,13-17,21H2,1-6,8-12H3/b23-18-,34-25?,35-31+. The summed E-state index contributed by atoms with van der Waals surface area (Å²) in [6.45, 7) is 24.7. The first-order valence-corrected chi connectivity index (χ1v) is 14.5. The normalized spacial score (nSPS) is 12.5. The minimum absolute atomic E-state index is 0.0567. The fraction of sp³-hybridized carbons (Fsp3) is 0.606. The van der Waals surface area contributed by atoms with Gasteiger partial charge < -0.3 is 14.2 Å². The third-order valence-electron chi connectivity index (χ3n) is 6.61. The summed E-state index contributed by atoms with van der Waals surface area (Å²) in [5.74, 6) is 1.87. The molecule has 0 fully saturated rings. The Morgan fingerprint density at radius 3 is 2.25 bits per heavy atom. The van der Waals surface area contributed by atoms with E-state index in [0.29, 0.717) is 29.4 Å². The zero-order valence-corrected chi connectivity index (χ0v) is 26.9. The molecule has 0 bridgehead atoms. The monoisotopic (exact) mass is 555 g/mol. The maximum atomic E-state index is 13.7. The molecule has 7 heteroatoms. The molecule has 1 N–H and O–H groups in total. The summed E-state index contributed by atoms with van der Waals surface area (Å²) in [6.07, 6.45) is 5.72. The van der Waals surface area contributed by atoms with E-state index >= 15 is 0 Å². The van der Waals surface area contributed by atoms with Crippen molar-refractivity contribution in [3.63, 3.8) is 0 Å². The minimum Gasteiger partial charge on any atom is -0.493 e. The zero-order valence-electron chi connectivity index (χ0n) is 26.9. The molecule has 0 unspecified atom stereocenters. The lowest BCUT2D eigenvalue weighted by Crippen LogP contribution is -2.31. The average Bonchev–Trinajstić information content (AvgIpc) is 2.87. The molecule has 1 aromatic rings. The predicted molar refractivity (Wildman–Crippen MR) is 167 cm³/mol. The van der Waals surface area contributed by atoms with Crippen molar-refractivity contribution in [2.45, 2.75) is 106 Å². The van der Waals surface area contributed by atoms with Crippen LogP contribution in [0.3, 0.4) is 0 Å². The molecule has 0 aliphatic heterocycles. The molecule has 0 radical (unpaired) electrons. The smallest absolute Gasteiger partial charge is 0.184 e. The number of hydrogen-bond acceptors (Lipinski definition) is 6. The van der Waals surface area contributed by atoms with Crippen molar-refractivity contribution in [1.82, 2.24) is 5.01 Å². The van der Waals surface area contributed by atoms with Crippen LogP contribution in [0.1, 0.15) is 111 Å². The van der Waals surface area contributed by atoms with E-state index in [4.69, 9.17) is 24.7 Å². The average molecular weight is 556 g/mol. The summed E-state index contributed by atoms with van der Waals surface area (Å²) in [5, 5.41) is 14.6. The first kappa shape index (κ1) is 34.9. The summed E-state index contributed by atoms with van der Waals surface area (Å²) in [5.41, 5.74) is 2.78. The minimum atomic E-state index is -0.272. The maximum absolute atomic E-state index is 13.7. The van der Waals surface area contributed by atoms with Gasteiger partial charge in [0.15, 0.2) is 17.3 Å². The van der Waals surface area contributed by atoms with Crippen LogP contribution in [0.2, 0.25) is 0 Å². The van der Waals surface area contributed by atoms with Crippen molar-refractivity contribution < 1.29 is 19.0 Å². The van der Waals surface area contributed by atoms with E-state index in [9.17, 15) is 4.79 Å². The summed E-state index contributed by atoms with van der Waals surface area (Å²) >= 11 is 0. The van der Waals surface area contributed by atoms with Crippen LogP contribution >= 0.6 is 0 Å². The summed E-state index contributed by atoms with van der Waals surface area (Å²) in [6, 6.07) is 3.63. The number of ketones is 1. The first-order chi connectivity index (χ1) is 18.7. The molecule has 0 aliphatic rings. The Labute approximate surface area is 243 Å². The Morgan fingerprint density at radius 1 is 1.15 bits per heavy atom. The van der Waals surface area contributed by atoms with Gasteiger partial charge in [0.05, 0.1) is 25.5 Å². The first-order valence-electron chi connectivity index (χ1n) is 14.5. The number of carbonyl (C=O) groups is 1. The molecule has 1 aromatic carbocycles. The highest BCUT2D eigenvalue weighted by Gasteiger charge is 2.26. The number of ether oxygens (including phenoxy) is 3. The van der Waals surface area contributed by atoms with Crippen LogP contribution in [0.25, 0.3) is 0 Å². The van der Waals surface area contributed by atoms with E-state index in [1.807, 2.05) is 32.9 Å². The van der Waals surface area contributed by atoms with Gasteiger partial charge >= 0.3 is 0 Å². The molecule has 0 heterocycles. The lowest BCUT2D eigenvalue weighted by molar-refractivity contribution is 0.0962. The third kappa shape index (κ3) is 10.5. The van der Waals surface area contributed by atoms with Gasteiger partial charge in [-0.1, -0.05) is 68.4 Å². The third-order valence-corrected chi connectivity index (χ3v) is 6.61. The molecule has 0 aliphatic carbocycles. The molecule has 40 heavy (non-hydrogen) atoms. The van der Waals surface area contributed by atoms with Gasteiger partial charge in [0.1, 0.15) is 18.1 Å². The van der Waals surface area contributed by atoms with Crippen LogP contribution in [0.4, 0.5) is 0 Å². The van der Waals surface area contributed by atoms with E-state index in [2.05, 4.69) is 48.1 Å². The van der Waals surface area contributed by atoms with Crippen molar-refractivity contribution in [3.05, 3.63) is 47.2 Å². The van der Waals surface area contributed by atoms with Crippen LogP contribution < -0.4 is 9.47 Å². The van der Waals surface area contributed by atoms with E-state index in [1.165, 1.54) is 5.01 Å². The zero-order chi connectivity index (χ0) is 30.6. The number of unbranched alkanes of at least 4 members (excludes halogenated alkanes) is 1. The highest BCUT2D eigenvalue weighted by atomic mass is 16.5. The largest absolute Gasteiger partial charge is 0.493 e. The molecular weight excluding hydrogens is 502 g/mol. The fourth-order valence-corrected chi connectivity index (χ4v) is 4.22. The van der Waals surface area contributed by atoms with Crippen molar-refractivity contribution in [1.29, 1.82) is 5.41 Å². The Hall–Kier alpha value is -3.09. The number of hydrogen-bond donors (Lipinski definition) is 1. The van der Waals surface area contributed by atoms with E-state index in [-0.39, 0.29) is 35.6 Å². The fourth-order valence-electron chi connectivity index (χ4n) is 4.22. The lowest BCUT2D eigenvalue weighted by atomic mass is 9.84. The number of methoxy groups -OCH3 is 1. The number of nitrogens with one attached hydrogen (secondary N) is 1. The molecule has 224 valence electrons. The molecule has 0 amide bonds.